The Balaban J connectivity index is 2.62. The van der Waals surface area contributed by atoms with Crippen molar-refractivity contribution in [3.8, 4) is 0 Å². The molecule has 17 heavy (non-hydrogen) atoms. The molecule has 2 N–H and O–H groups in total. The van der Waals surface area contributed by atoms with Gasteiger partial charge < -0.3 is 15.2 Å². The van der Waals surface area contributed by atoms with Crippen molar-refractivity contribution < 1.29 is 14.6 Å². The molecule has 100 valence electrons. The quantitative estimate of drug-likeness (QED) is 0.783. The summed E-state index contributed by atoms with van der Waals surface area (Å²) >= 11 is 0. The summed E-state index contributed by atoms with van der Waals surface area (Å²) < 4.78 is 5.23. The van der Waals surface area contributed by atoms with E-state index in [1.165, 1.54) is 0 Å². The van der Waals surface area contributed by atoms with E-state index in [1.54, 1.807) is 6.92 Å². The lowest BCUT2D eigenvalue weighted by Gasteiger charge is -2.55. The average molecular weight is 243 g/mol. The standard InChI is InChI=1S/C13H25NO3/c1-9(15)13(7-12(5,6)8-13)14-10(16)17-11(2,3)4/h9,15H,7-8H2,1-6H3,(H,14,16). The molecule has 1 fully saturated rings. The molecular weight excluding hydrogens is 218 g/mol. The molecule has 1 atom stereocenters. The van der Waals surface area contributed by atoms with Gasteiger partial charge in [0, 0.05) is 0 Å². The lowest BCUT2D eigenvalue weighted by molar-refractivity contribution is -0.0590. The molecule has 1 saturated carbocycles. The number of nitrogens with one attached hydrogen (secondary N) is 1. The van der Waals surface area contributed by atoms with Crippen LogP contribution >= 0.6 is 0 Å². The third-order valence-corrected chi connectivity index (χ3v) is 3.14. The molecule has 0 bridgehead atoms. The zero-order valence-corrected chi connectivity index (χ0v) is 11.8. The number of carbonyl (C=O) groups excluding carboxylic acids is 1. The van der Waals surface area contributed by atoms with Crippen LogP contribution < -0.4 is 5.32 Å². The van der Waals surface area contributed by atoms with Crippen LogP contribution in [0, 0.1) is 5.41 Å². The molecule has 0 spiro atoms. The Morgan fingerprint density at radius 3 is 2.12 bits per heavy atom. The first-order valence-corrected chi connectivity index (χ1v) is 6.15. The molecule has 1 aliphatic carbocycles. The Labute approximate surface area is 104 Å². The van der Waals surface area contributed by atoms with Crippen molar-refractivity contribution in [2.24, 2.45) is 5.41 Å². The van der Waals surface area contributed by atoms with E-state index in [2.05, 4.69) is 19.2 Å². The zero-order chi connectivity index (χ0) is 13.5. The molecule has 0 aromatic rings. The molecule has 0 aromatic carbocycles. The molecule has 0 heterocycles. The third kappa shape index (κ3) is 3.60. The average Bonchev–Trinajstić information content (AvgIpc) is 1.94. The van der Waals surface area contributed by atoms with Gasteiger partial charge in [-0.05, 0) is 46.0 Å². The number of carbonyl (C=O) groups is 1. The van der Waals surface area contributed by atoms with Gasteiger partial charge in [0.15, 0.2) is 0 Å². The number of hydrogen-bond donors (Lipinski definition) is 2. The maximum absolute atomic E-state index is 11.7. The third-order valence-electron chi connectivity index (χ3n) is 3.14. The van der Waals surface area contributed by atoms with Crippen LogP contribution in [-0.4, -0.2) is 28.4 Å². The van der Waals surface area contributed by atoms with Crippen LogP contribution in [0.1, 0.15) is 54.4 Å². The summed E-state index contributed by atoms with van der Waals surface area (Å²) in [6.07, 6.45) is 0.533. The van der Waals surface area contributed by atoms with Crippen LogP contribution in [0.5, 0.6) is 0 Å². The summed E-state index contributed by atoms with van der Waals surface area (Å²) in [5.41, 5.74) is -0.860. The van der Waals surface area contributed by atoms with Crippen molar-refractivity contribution in [3.05, 3.63) is 0 Å². The number of aliphatic hydroxyl groups excluding tert-OH is 1. The van der Waals surface area contributed by atoms with E-state index in [9.17, 15) is 9.90 Å². The molecule has 0 radical (unpaired) electrons. The Bertz CT molecular complexity index is 294. The first-order chi connectivity index (χ1) is 7.46. The van der Waals surface area contributed by atoms with Crippen LogP contribution in [0.3, 0.4) is 0 Å². The van der Waals surface area contributed by atoms with Crippen molar-refractivity contribution >= 4 is 6.09 Å². The van der Waals surface area contributed by atoms with Crippen LogP contribution in [0.25, 0.3) is 0 Å². The van der Waals surface area contributed by atoms with Crippen LogP contribution in [0.2, 0.25) is 0 Å². The lowest BCUT2D eigenvalue weighted by atomic mass is 9.57. The minimum absolute atomic E-state index is 0.173. The Kier molecular flexibility index (Phi) is 3.50. The van der Waals surface area contributed by atoms with Crippen molar-refractivity contribution in [1.82, 2.24) is 5.32 Å². The Morgan fingerprint density at radius 1 is 1.35 bits per heavy atom. The second-order valence-electron chi connectivity index (χ2n) is 6.98. The van der Waals surface area contributed by atoms with Crippen molar-refractivity contribution in [2.45, 2.75) is 71.6 Å². The van der Waals surface area contributed by atoms with Crippen LogP contribution in [-0.2, 0) is 4.74 Å². The van der Waals surface area contributed by atoms with Gasteiger partial charge in [-0.25, -0.2) is 4.79 Å². The highest BCUT2D eigenvalue weighted by molar-refractivity contribution is 5.69. The predicted molar refractivity (Wildman–Crippen MR) is 66.8 cm³/mol. The van der Waals surface area contributed by atoms with E-state index < -0.39 is 23.3 Å². The second-order valence-corrected chi connectivity index (χ2v) is 6.98. The Morgan fingerprint density at radius 2 is 1.82 bits per heavy atom. The summed E-state index contributed by atoms with van der Waals surface area (Å²) in [6.45, 7) is 11.5. The van der Waals surface area contributed by atoms with E-state index in [-0.39, 0.29) is 5.41 Å². The fourth-order valence-corrected chi connectivity index (χ4v) is 2.65. The zero-order valence-electron chi connectivity index (χ0n) is 11.8. The molecule has 0 saturated heterocycles. The largest absolute Gasteiger partial charge is 0.444 e. The molecular formula is C13H25NO3. The van der Waals surface area contributed by atoms with Gasteiger partial charge in [0.25, 0.3) is 0 Å². The van der Waals surface area contributed by atoms with Gasteiger partial charge in [0.1, 0.15) is 5.60 Å². The second kappa shape index (κ2) is 4.16. The van der Waals surface area contributed by atoms with Gasteiger partial charge in [-0.2, -0.15) is 0 Å². The van der Waals surface area contributed by atoms with Crippen LogP contribution in [0.4, 0.5) is 4.79 Å². The SMILES string of the molecule is CC(O)C1(NC(=O)OC(C)(C)C)CC(C)(C)C1. The molecule has 0 aliphatic heterocycles. The molecule has 1 unspecified atom stereocenters. The van der Waals surface area contributed by atoms with Crippen molar-refractivity contribution in [2.75, 3.05) is 0 Å². The van der Waals surface area contributed by atoms with Gasteiger partial charge in [-0.1, -0.05) is 13.8 Å². The first kappa shape index (κ1) is 14.3. The van der Waals surface area contributed by atoms with E-state index in [0.29, 0.717) is 0 Å². The van der Waals surface area contributed by atoms with E-state index >= 15 is 0 Å². The van der Waals surface area contributed by atoms with E-state index in [1.807, 2.05) is 20.8 Å². The minimum atomic E-state index is -0.567. The molecule has 4 heteroatoms. The van der Waals surface area contributed by atoms with Gasteiger partial charge >= 0.3 is 6.09 Å². The summed E-state index contributed by atoms with van der Waals surface area (Å²) in [6, 6.07) is 0. The topological polar surface area (TPSA) is 58.6 Å². The molecule has 0 aromatic heterocycles. The van der Waals surface area contributed by atoms with E-state index in [4.69, 9.17) is 4.74 Å². The Hall–Kier alpha value is -0.770. The summed E-state index contributed by atoms with van der Waals surface area (Å²) in [4.78, 5) is 11.7. The van der Waals surface area contributed by atoms with Gasteiger partial charge in [0.2, 0.25) is 0 Å². The number of rotatable bonds is 2. The number of hydrogen-bond acceptors (Lipinski definition) is 3. The smallest absolute Gasteiger partial charge is 0.408 e. The highest BCUT2D eigenvalue weighted by Gasteiger charge is 2.53. The number of ether oxygens (including phenoxy) is 1. The first-order valence-electron chi connectivity index (χ1n) is 6.15. The maximum Gasteiger partial charge on any atom is 0.408 e. The van der Waals surface area contributed by atoms with E-state index in [0.717, 1.165) is 12.8 Å². The number of aliphatic hydroxyl groups is 1. The molecule has 1 aliphatic rings. The van der Waals surface area contributed by atoms with Gasteiger partial charge in [0.05, 0.1) is 11.6 Å². The van der Waals surface area contributed by atoms with Gasteiger partial charge in [-0.15, -0.1) is 0 Å². The monoisotopic (exact) mass is 243 g/mol. The number of amides is 1. The van der Waals surface area contributed by atoms with Crippen molar-refractivity contribution in [1.29, 1.82) is 0 Å². The van der Waals surface area contributed by atoms with Gasteiger partial charge in [-0.3, -0.25) is 0 Å². The summed E-state index contributed by atoms with van der Waals surface area (Å²) in [5.74, 6) is 0. The molecule has 1 rings (SSSR count). The molecule has 1 amide bonds. The van der Waals surface area contributed by atoms with Crippen molar-refractivity contribution in [3.63, 3.8) is 0 Å². The molecule has 4 nitrogen and oxygen atoms in total. The van der Waals surface area contributed by atoms with Crippen LogP contribution in [0.15, 0.2) is 0 Å². The minimum Gasteiger partial charge on any atom is -0.444 e. The predicted octanol–water partition coefficient (Wildman–Crippen LogP) is 2.45. The summed E-state index contributed by atoms with van der Waals surface area (Å²) in [7, 11) is 0. The number of alkyl carbamates (subject to hydrolysis) is 1. The lowest BCUT2D eigenvalue weighted by Crippen LogP contribution is -2.66. The summed E-state index contributed by atoms with van der Waals surface area (Å²) in [5, 5.41) is 12.7. The fraction of sp³-hybridized carbons (Fsp3) is 0.923. The highest BCUT2D eigenvalue weighted by Crippen LogP contribution is 2.49. The fourth-order valence-electron chi connectivity index (χ4n) is 2.65. The normalized spacial score (nSPS) is 23.5. The highest BCUT2D eigenvalue weighted by atomic mass is 16.6. The maximum atomic E-state index is 11.7.